The minimum absolute atomic E-state index is 0.373. The van der Waals surface area contributed by atoms with Crippen LogP contribution in [-0.2, 0) is 0 Å². The van der Waals surface area contributed by atoms with E-state index in [0.29, 0.717) is 6.04 Å². The highest BCUT2D eigenvalue weighted by Gasteiger charge is 2.14. The second kappa shape index (κ2) is 4.28. The molecule has 0 aliphatic rings. The van der Waals surface area contributed by atoms with Crippen molar-refractivity contribution in [1.82, 2.24) is 9.55 Å². The fraction of sp³-hybridized carbons (Fsp3) is 0.300. The van der Waals surface area contributed by atoms with Crippen molar-refractivity contribution < 1.29 is 0 Å². The number of halogens is 2. The Bertz CT molecular complexity index is 475. The predicted octanol–water partition coefficient (Wildman–Crippen LogP) is 4.61. The maximum Gasteiger partial charge on any atom is 0.151 e. The zero-order chi connectivity index (χ0) is 11.0. The van der Waals surface area contributed by atoms with Gasteiger partial charge in [-0.3, -0.25) is 0 Å². The van der Waals surface area contributed by atoms with E-state index < -0.39 is 0 Å². The molecule has 0 aromatic carbocycles. The van der Waals surface area contributed by atoms with Gasteiger partial charge in [0.15, 0.2) is 5.82 Å². The third-order valence-electron chi connectivity index (χ3n) is 2.06. The fourth-order valence-electron chi connectivity index (χ4n) is 1.45. The van der Waals surface area contributed by atoms with Crippen LogP contribution < -0.4 is 0 Å². The third kappa shape index (κ3) is 2.12. The zero-order valence-corrected chi connectivity index (χ0v) is 11.5. The average molecular weight is 306 g/mol. The summed E-state index contributed by atoms with van der Waals surface area (Å²) < 4.78 is 3.93. The molecular formula is C10H10BrClN2S. The molecule has 0 saturated carbocycles. The van der Waals surface area contributed by atoms with Gasteiger partial charge in [0.2, 0.25) is 0 Å². The molecule has 2 heterocycles. The van der Waals surface area contributed by atoms with Crippen molar-refractivity contribution in [2.24, 2.45) is 0 Å². The summed E-state index contributed by atoms with van der Waals surface area (Å²) in [6.45, 7) is 4.26. The van der Waals surface area contributed by atoms with Crippen LogP contribution in [0.2, 0.25) is 4.34 Å². The maximum atomic E-state index is 5.92. The van der Waals surface area contributed by atoms with Crippen molar-refractivity contribution in [1.29, 1.82) is 0 Å². The van der Waals surface area contributed by atoms with Gasteiger partial charge in [0, 0.05) is 6.04 Å². The Balaban J connectivity index is 2.53. The first kappa shape index (κ1) is 11.2. The quantitative estimate of drug-likeness (QED) is 0.792. The lowest BCUT2D eigenvalue weighted by Crippen LogP contribution is -2.02. The Hall–Kier alpha value is -0.320. The average Bonchev–Trinajstić information content (AvgIpc) is 2.71. The number of aromatic nitrogens is 2. The summed E-state index contributed by atoms with van der Waals surface area (Å²) in [5.74, 6) is 0.966. The molecule has 0 spiro atoms. The monoisotopic (exact) mass is 304 g/mol. The number of imidazole rings is 1. The Morgan fingerprint density at radius 1 is 1.47 bits per heavy atom. The Morgan fingerprint density at radius 3 is 2.73 bits per heavy atom. The van der Waals surface area contributed by atoms with E-state index in [1.807, 2.05) is 18.3 Å². The van der Waals surface area contributed by atoms with Crippen LogP contribution in [0.4, 0.5) is 0 Å². The Labute approximate surface area is 106 Å². The van der Waals surface area contributed by atoms with E-state index in [-0.39, 0.29) is 0 Å². The van der Waals surface area contributed by atoms with E-state index in [1.54, 1.807) is 11.3 Å². The molecule has 0 aliphatic heterocycles. The van der Waals surface area contributed by atoms with Gasteiger partial charge in [-0.05, 0) is 41.9 Å². The van der Waals surface area contributed by atoms with Gasteiger partial charge in [0.25, 0.3) is 0 Å². The molecule has 0 unspecified atom stereocenters. The van der Waals surface area contributed by atoms with Crippen LogP contribution in [0.3, 0.4) is 0 Å². The standard InChI is InChI=1S/C10H10BrClN2S/c1-6(2)14-8(11)5-13-10(14)7-3-4-9(12)15-7/h3-6H,1-2H3. The molecule has 0 bridgehead atoms. The largest absolute Gasteiger partial charge is 0.316 e. The van der Waals surface area contributed by atoms with Crippen LogP contribution in [0.1, 0.15) is 19.9 Å². The van der Waals surface area contributed by atoms with Gasteiger partial charge >= 0.3 is 0 Å². The van der Waals surface area contributed by atoms with Crippen LogP contribution in [0.5, 0.6) is 0 Å². The highest BCUT2D eigenvalue weighted by atomic mass is 79.9. The molecule has 0 fully saturated rings. The smallest absolute Gasteiger partial charge is 0.151 e. The highest BCUT2D eigenvalue weighted by Crippen LogP contribution is 2.33. The summed E-state index contributed by atoms with van der Waals surface area (Å²) in [6, 6.07) is 4.27. The van der Waals surface area contributed by atoms with Crippen molar-refractivity contribution in [3.05, 3.63) is 27.3 Å². The predicted molar refractivity (Wildman–Crippen MR) is 68.6 cm³/mol. The van der Waals surface area contributed by atoms with Crippen molar-refractivity contribution in [2.75, 3.05) is 0 Å². The SMILES string of the molecule is CC(C)n1c(Br)cnc1-c1ccc(Cl)s1. The normalized spacial score (nSPS) is 11.3. The minimum Gasteiger partial charge on any atom is -0.316 e. The first-order valence-electron chi connectivity index (χ1n) is 4.58. The lowest BCUT2D eigenvalue weighted by molar-refractivity contribution is 0.596. The molecule has 0 atom stereocenters. The number of thiophene rings is 1. The highest BCUT2D eigenvalue weighted by molar-refractivity contribution is 9.10. The van der Waals surface area contributed by atoms with E-state index in [0.717, 1.165) is 19.6 Å². The van der Waals surface area contributed by atoms with Crippen molar-refractivity contribution >= 4 is 38.9 Å². The number of hydrogen-bond donors (Lipinski definition) is 0. The maximum absolute atomic E-state index is 5.92. The van der Waals surface area contributed by atoms with Crippen LogP contribution >= 0.6 is 38.9 Å². The molecule has 0 amide bonds. The number of nitrogens with zero attached hydrogens (tertiary/aromatic N) is 2. The van der Waals surface area contributed by atoms with Crippen molar-refractivity contribution in [3.63, 3.8) is 0 Å². The topological polar surface area (TPSA) is 17.8 Å². The second-order valence-electron chi connectivity index (χ2n) is 3.47. The van der Waals surface area contributed by atoms with E-state index in [4.69, 9.17) is 11.6 Å². The fourth-order valence-corrected chi connectivity index (χ4v) is 3.16. The van der Waals surface area contributed by atoms with Gasteiger partial charge in [-0.25, -0.2) is 4.98 Å². The molecule has 0 saturated heterocycles. The van der Waals surface area contributed by atoms with E-state index in [9.17, 15) is 0 Å². The zero-order valence-electron chi connectivity index (χ0n) is 8.37. The lowest BCUT2D eigenvalue weighted by Gasteiger charge is -2.11. The first-order chi connectivity index (χ1) is 7.09. The van der Waals surface area contributed by atoms with E-state index in [2.05, 4.69) is 39.3 Å². The summed E-state index contributed by atoms with van der Waals surface area (Å²) in [6.07, 6.45) is 1.82. The molecule has 15 heavy (non-hydrogen) atoms. The van der Waals surface area contributed by atoms with Gasteiger partial charge in [-0.2, -0.15) is 0 Å². The van der Waals surface area contributed by atoms with Crippen LogP contribution in [0, 0.1) is 0 Å². The Kier molecular flexibility index (Phi) is 3.19. The van der Waals surface area contributed by atoms with Gasteiger partial charge in [0.05, 0.1) is 15.4 Å². The summed E-state index contributed by atoms with van der Waals surface area (Å²) in [7, 11) is 0. The van der Waals surface area contributed by atoms with Crippen LogP contribution in [0.15, 0.2) is 22.9 Å². The van der Waals surface area contributed by atoms with Gasteiger partial charge in [-0.15, -0.1) is 11.3 Å². The molecular weight excluding hydrogens is 296 g/mol. The van der Waals surface area contributed by atoms with Gasteiger partial charge < -0.3 is 4.57 Å². The molecule has 0 N–H and O–H groups in total. The molecule has 2 rings (SSSR count). The number of hydrogen-bond acceptors (Lipinski definition) is 2. The minimum atomic E-state index is 0.373. The summed E-state index contributed by atoms with van der Waals surface area (Å²) in [5, 5.41) is 0. The molecule has 2 nitrogen and oxygen atoms in total. The van der Waals surface area contributed by atoms with Crippen molar-refractivity contribution in [3.8, 4) is 10.7 Å². The summed E-state index contributed by atoms with van der Waals surface area (Å²) in [4.78, 5) is 5.49. The van der Waals surface area contributed by atoms with E-state index >= 15 is 0 Å². The molecule has 0 aliphatic carbocycles. The molecule has 2 aromatic heterocycles. The second-order valence-corrected chi connectivity index (χ2v) is 6.00. The third-order valence-corrected chi connectivity index (χ3v) is 3.88. The first-order valence-corrected chi connectivity index (χ1v) is 6.56. The van der Waals surface area contributed by atoms with Crippen molar-refractivity contribution in [2.45, 2.75) is 19.9 Å². The van der Waals surface area contributed by atoms with Crippen LogP contribution in [0.25, 0.3) is 10.7 Å². The summed E-state index contributed by atoms with van der Waals surface area (Å²) >= 11 is 11.0. The van der Waals surface area contributed by atoms with E-state index in [1.165, 1.54) is 0 Å². The molecule has 5 heteroatoms. The molecule has 2 aromatic rings. The lowest BCUT2D eigenvalue weighted by atomic mass is 10.3. The number of rotatable bonds is 2. The van der Waals surface area contributed by atoms with Crippen LogP contribution in [-0.4, -0.2) is 9.55 Å². The molecule has 80 valence electrons. The molecule has 0 radical (unpaired) electrons. The Morgan fingerprint density at radius 2 is 2.20 bits per heavy atom. The summed E-state index contributed by atoms with van der Waals surface area (Å²) in [5.41, 5.74) is 0. The van der Waals surface area contributed by atoms with Gasteiger partial charge in [0.1, 0.15) is 4.60 Å². The van der Waals surface area contributed by atoms with Gasteiger partial charge in [-0.1, -0.05) is 11.6 Å².